The largest absolute Gasteiger partial charge is 0.409 e. The van der Waals surface area contributed by atoms with Crippen molar-refractivity contribution >= 4 is 5.84 Å². The highest BCUT2D eigenvalue weighted by atomic mass is 16.4. The van der Waals surface area contributed by atoms with Gasteiger partial charge in [0.1, 0.15) is 5.69 Å². The Bertz CT molecular complexity index is 461. The van der Waals surface area contributed by atoms with Gasteiger partial charge >= 0.3 is 0 Å². The molecule has 1 aromatic heterocycles. The lowest BCUT2D eigenvalue weighted by atomic mass is 9.83. The number of nitrogens with zero attached hydrogens (tertiary/aromatic N) is 2. The first kappa shape index (κ1) is 14.8. The molecule has 1 fully saturated rings. The zero-order chi connectivity index (χ0) is 14.4. The highest BCUT2D eigenvalue weighted by Crippen LogP contribution is 2.26. The average molecular weight is 276 g/mol. The summed E-state index contributed by atoms with van der Waals surface area (Å²) in [5.41, 5.74) is 7.19. The molecule has 1 heterocycles. The van der Waals surface area contributed by atoms with E-state index < -0.39 is 0 Å². The van der Waals surface area contributed by atoms with Crippen LogP contribution < -0.4 is 11.1 Å². The summed E-state index contributed by atoms with van der Waals surface area (Å²) in [5.74, 6) is 0.838. The molecule has 0 bridgehead atoms. The van der Waals surface area contributed by atoms with E-state index in [9.17, 15) is 0 Å². The second kappa shape index (κ2) is 7.24. The predicted octanol–water partition coefficient (Wildman–Crippen LogP) is 2.23. The van der Waals surface area contributed by atoms with E-state index in [1.807, 2.05) is 12.1 Å². The van der Waals surface area contributed by atoms with Crippen molar-refractivity contribution in [1.29, 1.82) is 0 Å². The van der Waals surface area contributed by atoms with Gasteiger partial charge < -0.3 is 16.3 Å². The second-order valence-corrected chi connectivity index (χ2v) is 5.47. The zero-order valence-corrected chi connectivity index (χ0v) is 12.0. The molecular formula is C15H24N4O. The first-order valence-corrected chi connectivity index (χ1v) is 7.40. The van der Waals surface area contributed by atoms with E-state index in [4.69, 9.17) is 10.9 Å². The summed E-state index contributed by atoms with van der Waals surface area (Å²) in [6, 6.07) is 4.44. The summed E-state index contributed by atoms with van der Waals surface area (Å²) < 4.78 is 0. The number of rotatable bonds is 5. The van der Waals surface area contributed by atoms with E-state index >= 15 is 0 Å². The molecule has 5 nitrogen and oxygen atoms in total. The molecule has 0 amide bonds. The lowest BCUT2D eigenvalue weighted by molar-refractivity contribution is 0.254. The van der Waals surface area contributed by atoms with Crippen LogP contribution in [0.25, 0.3) is 0 Å². The first-order chi connectivity index (χ1) is 9.74. The van der Waals surface area contributed by atoms with Gasteiger partial charge in [-0.25, -0.2) is 0 Å². The Hall–Kier alpha value is -1.62. The molecule has 0 spiro atoms. The first-order valence-electron chi connectivity index (χ1n) is 7.40. The standard InChI is InChI=1S/C15H24N4O/c1-2-12-5-3-4-6-13(12)18-10-11-7-8-17-14(9-11)15(16)19-20/h7-9,12-13,18,20H,2-6,10H2,1H3,(H2,16,19). The van der Waals surface area contributed by atoms with Gasteiger partial charge in [-0.15, -0.1) is 0 Å². The normalized spacial score (nSPS) is 23.8. The Morgan fingerprint density at radius 2 is 2.30 bits per heavy atom. The Kier molecular flexibility index (Phi) is 5.35. The monoisotopic (exact) mass is 276 g/mol. The fourth-order valence-corrected chi connectivity index (χ4v) is 2.99. The number of nitrogens with one attached hydrogen (secondary N) is 1. The second-order valence-electron chi connectivity index (χ2n) is 5.47. The van der Waals surface area contributed by atoms with Gasteiger partial charge in [-0.05, 0) is 36.5 Å². The third-order valence-corrected chi connectivity index (χ3v) is 4.20. The molecule has 1 saturated carbocycles. The molecule has 0 aliphatic heterocycles. The molecular weight excluding hydrogens is 252 g/mol. The molecule has 20 heavy (non-hydrogen) atoms. The maximum absolute atomic E-state index is 8.69. The van der Waals surface area contributed by atoms with E-state index in [-0.39, 0.29) is 5.84 Å². The Labute approximate surface area is 120 Å². The molecule has 2 rings (SSSR count). The van der Waals surface area contributed by atoms with Crippen molar-refractivity contribution in [1.82, 2.24) is 10.3 Å². The molecule has 110 valence electrons. The number of hydrogen-bond donors (Lipinski definition) is 3. The van der Waals surface area contributed by atoms with Gasteiger partial charge in [0.25, 0.3) is 0 Å². The SMILES string of the molecule is CCC1CCCCC1NCc1ccnc(C(N)=NO)c1. The van der Waals surface area contributed by atoms with Crippen LogP contribution >= 0.6 is 0 Å². The van der Waals surface area contributed by atoms with E-state index in [2.05, 4.69) is 22.4 Å². The van der Waals surface area contributed by atoms with Gasteiger partial charge in [0.2, 0.25) is 0 Å². The predicted molar refractivity (Wildman–Crippen MR) is 79.6 cm³/mol. The van der Waals surface area contributed by atoms with Gasteiger partial charge in [0, 0.05) is 18.8 Å². The average Bonchev–Trinajstić information content (AvgIpc) is 2.52. The zero-order valence-electron chi connectivity index (χ0n) is 12.0. The smallest absolute Gasteiger partial charge is 0.188 e. The number of nitrogens with two attached hydrogens (primary N) is 1. The van der Waals surface area contributed by atoms with E-state index in [0.29, 0.717) is 11.7 Å². The minimum absolute atomic E-state index is 0.0518. The summed E-state index contributed by atoms with van der Waals surface area (Å²) in [4.78, 5) is 4.09. The van der Waals surface area contributed by atoms with Crippen molar-refractivity contribution < 1.29 is 5.21 Å². The molecule has 0 aromatic carbocycles. The fraction of sp³-hybridized carbons (Fsp3) is 0.600. The number of pyridine rings is 1. The van der Waals surface area contributed by atoms with Crippen molar-refractivity contribution in [3.05, 3.63) is 29.6 Å². The highest BCUT2D eigenvalue weighted by Gasteiger charge is 2.22. The number of hydrogen-bond acceptors (Lipinski definition) is 4. The van der Waals surface area contributed by atoms with E-state index in [1.54, 1.807) is 6.20 Å². The summed E-state index contributed by atoms with van der Waals surface area (Å²) in [5, 5.41) is 15.3. The molecule has 4 N–H and O–H groups in total. The fourth-order valence-electron chi connectivity index (χ4n) is 2.99. The van der Waals surface area contributed by atoms with Crippen molar-refractivity contribution in [2.75, 3.05) is 0 Å². The Morgan fingerprint density at radius 1 is 1.50 bits per heavy atom. The topological polar surface area (TPSA) is 83.5 Å². The van der Waals surface area contributed by atoms with Crippen LogP contribution in [0.2, 0.25) is 0 Å². The summed E-state index contributed by atoms with van der Waals surface area (Å²) in [6.45, 7) is 3.07. The van der Waals surface area contributed by atoms with Crippen LogP contribution in [0.15, 0.2) is 23.5 Å². The number of amidine groups is 1. The molecule has 1 aliphatic carbocycles. The molecule has 5 heteroatoms. The van der Waals surface area contributed by atoms with Crippen molar-refractivity contribution in [3.63, 3.8) is 0 Å². The minimum atomic E-state index is 0.0518. The van der Waals surface area contributed by atoms with Crippen molar-refractivity contribution in [3.8, 4) is 0 Å². The molecule has 0 saturated heterocycles. The van der Waals surface area contributed by atoms with Gasteiger partial charge in [-0.3, -0.25) is 4.98 Å². The number of oxime groups is 1. The highest BCUT2D eigenvalue weighted by molar-refractivity contribution is 5.95. The van der Waals surface area contributed by atoms with Crippen LogP contribution in [0.3, 0.4) is 0 Å². The molecule has 1 aromatic rings. The minimum Gasteiger partial charge on any atom is -0.409 e. The van der Waals surface area contributed by atoms with Crippen LogP contribution in [-0.2, 0) is 6.54 Å². The number of aromatic nitrogens is 1. The molecule has 2 atom stereocenters. The van der Waals surface area contributed by atoms with Crippen LogP contribution in [0.5, 0.6) is 0 Å². The molecule has 1 aliphatic rings. The van der Waals surface area contributed by atoms with Crippen LogP contribution in [0.1, 0.15) is 50.3 Å². The Morgan fingerprint density at radius 3 is 3.05 bits per heavy atom. The van der Waals surface area contributed by atoms with Crippen molar-refractivity contribution in [2.24, 2.45) is 16.8 Å². The Balaban J connectivity index is 1.96. The van der Waals surface area contributed by atoms with E-state index in [1.165, 1.54) is 32.1 Å². The quantitative estimate of drug-likeness (QED) is 0.333. The molecule has 2 unspecified atom stereocenters. The van der Waals surface area contributed by atoms with Crippen molar-refractivity contribution in [2.45, 2.75) is 51.6 Å². The maximum Gasteiger partial charge on any atom is 0.188 e. The summed E-state index contributed by atoms with van der Waals surface area (Å²) in [7, 11) is 0. The van der Waals surface area contributed by atoms with Gasteiger partial charge in [0.15, 0.2) is 5.84 Å². The third-order valence-electron chi connectivity index (χ3n) is 4.20. The maximum atomic E-state index is 8.69. The van der Waals surface area contributed by atoms with Gasteiger partial charge in [-0.2, -0.15) is 0 Å². The van der Waals surface area contributed by atoms with Gasteiger partial charge in [-0.1, -0.05) is 31.3 Å². The third kappa shape index (κ3) is 3.70. The van der Waals surface area contributed by atoms with Crippen LogP contribution in [-0.4, -0.2) is 22.1 Å². The molecule has 0 radical (unpaired) electrons. The lowest BCUT2D eigenvalue weighted by Gasteiger charge is -2.31. The summed E-state index contributed by atoms with van der Waals surface area (Å²) in [6.07, 6.45) is 8.21. The van der Waals surface area contributed by atoms with Crippen LogP contribution in [0, 0.1) is 5.92 Å². The van der Waals surface area contributed by atoms with Crippen LogP contribution in [0.4, 0.5) is 0 Å². The lowest BCUT2D eigenvalue weighted by Crippen LogP contribution is -2.37. The van der Waals surface area contributed by atoms with Gasteiger partial charge in [0.05, 0.1) is 0 Å². The summed E-state index contributed by atoms with van der Waals surface area (Å²) >= 11 is 0. The van der Waals surface area contributed by atoms with E-state index in [0.717, 1.165) is 18.0 Å².